The first kappa shape index (κ1) is 8.17. The van der Waals surface area contributed by atoms with Crippen molar-refractivity contribution in [3.05, 3.63) is 12.7 Å². The van der Waals surface area contributed by atoms with Crippen LogP contribution in [0.5, 0.6) is 0 Å². The average Bonchev–Trinajstić information content (AvgIpc) is 1.62. The van der Waals surface area contributed by atoms with Crippen molar-refractivity contribution < 1.29 is 0 Å². The van der Waals surface area contributed by atoms with Crippen LogP contribution in [-0.2, 0) is 0 Å². The fourth-order valence-electron chi connectivity index (χ4n) is 0.354. The Morgan fingerprint density at radius 3 is 1.88 bits per heavy atom. The predicted molar refractivity (Wildman–Crippen MR) is 43.2 cm³/mol. The van der Waals surface area contributed by atoms with Crippen LogP contribution in [0.2, 0.25) is 0 Å². The van der Waals surface area contributed by atoms with E-state index in [9.17, 15) is 0 Å². The Hall–Kier alpha value is 0.170. The first-order chi connectivity index (χ1) is 3.48. The van der Waals surface area contributed by atoms with Gasteiger partial charge in [0, 0.05) is 0 Å². The minimum atomic E-state index is 0.354. The summed E-state index contributed by atoms with van der Waals surface area (Å²) in [6.07, 6.45) is 1.96. The standard InChI is InChI=1S/C7H15P/c1-5-6(8)7(2,3)4/h5-6H,1,8H2,2-4H3. The molecule has 0 aliphatic carbocycles. The molecule has 0 aromatic heterocycles. The van der Waals surface area contributed by atoms with Gasteiger partial charge in [-0.05, 0) is 11.1 Å². The maximum atomic E-state index is 3.71. The van der Waals surface area contributed by atoms with Crippen LogP contribution in [-0.4, -0.2) is 5.66 Å². The van der Waals surface area contributed by atoms with Gasteiger partial charge in [-0.1, -0.05) is 26.8 Å². The van der Waals surface area contributed by atoms with Gasteiger partial charge in [0.05, 0.1) is 0 Å². The van der Waals surface area contributed by atoms with Crippen LogP contribution < -0.4 is 0 Å². The van der Waals surface area contributed by atoms with E-state index in [4.69, 9.17) is 0 Å². The molecule has 0 saturated heterocycles. The second kappa shape index (κ2) is 2.64. The third-order valence-corrected chi connectivity index (χ3v) is 2.53. The lowest BCUT2D eigenvalue weighted by Gasteiger charge is -2.23. The summed E-state index contributed by atoms with van der Waals surface area (Å²) in [5, 5.41) is 0. The molecule has 0 bridgehead atoms. The van der Waals surface area contributed by atoms with E-state index in [0.717, 1.165) is 0 Å². The van der Waals surface area contributed by atoms with Crippen LogP contribution in [0.1, 0.15) is 20.8 Å². The van der Waals surface area contributed by atoms with E-state index in [1.54, 1.807) is 0 Å². The van der Waals surface area contributed by atoms with Crippen molar-refractivity contribution in [1.29, 1.82) is 0 Å². The van der Waals surface area contributed by atoms with Crippen LogP contribution in [0, 0.1) is 5.41 Å². The fourth-order valence-corrected chi connectivity index (χ4v) is 0.354. The van der Waals surface area contributed by atoms with Gasteiger partial charge in [-0.15, -0.1) is 15.8 Å². The Balaban J connectivity index is 3.80. The van der Waals surface area contributed by atoms with Gasteiger partial charge in [-0.3, -0.25) is 0 Å². The van der Waals surface area contributed by atoms with Crippen molar-refractivity contribution in [2.75, 3.05) is 0 Å². The summed E-state index contributed by atoms with van der Waals surface area (Å²) in [6, 6.07) is 0. The lowest BCUT2D eigenvalue weighted by molar-refractivity contribution is 0.432. The van der Waals surface area contributed by atoms with E-state index in [0.29, 0.717) is 11.1 Å². The minimum Gasteiger partial charge on any atom is -0.130 e. The second-order valence-electron chi connectivity index (χ2n) is 3.13. The third-order valence-electron chi connectivity index (χ3n) is 1.25. The maximum absolute atomic E-state index is 3.71. The molecule has 8 heavy (non-hydrogen) atoms. The van der Waals surface area contributed by atoms with Crippen molar-refractivity contribution >= 4 is 9.24 Å². The number of rotatable bonds is 1. The van der Waals surface area contributed by atoms with E-state index < -0.39 is 0 Å². The molecule has 0 radical (unpaired) electrons. The van der Waals surface area contributed by atoms with E-state index in [1.165, 1.54) is 0 Å². The van der Waals surface area contributed by atoms with E-state index >= 15 is 0 Å². The molecular weight excluding hydrogens is 115 g/mol. The van der Waals surface area contributed by atoms with Gasteiger partial charge in [0.15, 0.2) is 0 Å². The molecule has 0 fully saturated rings. The highest BCUT2D eigenvalue weighted by atomic mass is 31.0. The molecule has 0 spiro atoms. The lowest BCUT2D eigenvalue weighted by atomic mass is 9.92. The van der Waals surface area contributed by atoms with Gasteiger partial charge in [0.25, 0.3) is 0 Å². The molecule has 0 aromatic rings. The zero-order chi connectivity index (χ0) is 6.78. The van der Waals surface area contributed by atoms with Gasteiger partial charge >= 0.3 is 0 Å². The Bertz CT molecular complexity index is 78.9. The summed E-state index contributed by atoms with van der Waals surface area (Å²) in [5.41, 5.74) is 0.884. The zero-order valence-corrected chi connectivity index (χ0v) is 7.09. The lowest BCUT2D eigenvalue weighted by Crippen LogP contribution is -2.16. The molecular formula is C7H15P. The first-order valence-corrected chi connectivity index (χ1v) is 3.53. The predicted octanol–water partition coefficient (Wildman–Crippen LogP) is 2.46. The molecule has 0 nitrogen and oxygen atoms in total. The van der Waals surface area contributed by atoms with Crippen molar-refractivity contribution in [2.24, 2.45) is 5.41 Å². The van der Waals surface area contributed by atoms with Crippen LogP contribution in [0.3, 0.4) is 0 Å². The van der Waals surface area contributed by atoms with E-state index in [2.05, 4.69) is 36.6 Å². The van der Waals surface area contributed by atoms with Crippen LogP contribution in [0.15, 0.2) is 12.7 Å². The summed E-state index contributed by atoms with van der Waals surface area (Å²) < 4.78 is 0. The number of hydrogen-bond acceptors (Lipinski definition) is 0. The molecule has 0 aliphatic rings. The molecule has 2 atom stereocenters. The molecule has 0 saturated carbocycles. The van der Waals surface area contributed by atoms with Gasteiger partial charge < -0.3 is 0 Å². The molecule has 48 valence electrons. The van der Waals surface area contributed by atoms with Crippen molar-refractivity contribution in [1.82, 2.24) is 0 Å². The molecule has 0 rings (SSSR count). The highest BCUT2D eigenvalue weighted by Crippen LogP contribution is 2.26. The zero-order valence-electron chi connectivity index (χ0n) is 5.94. The highest BCUT2D eigenvalue weighted by molar-refractivity contribution is 7.18. The Morgan fingerprint density at radius 1 is 1.50 bits per heavy atom. The largest absolute Gasteiger partial charge is 0.130 e. The van der Waals surface area contributed by atoms with Crippen LogP contribution in [0.4, 0.5) is 0 Å². The summed E-state index contributed by atoms with van der Waals surface area (Å²) in [4.78, 5) is 0. The Labute approximate surface area is 54.6 Å². The smallest absolute Gasteiger partial charge is 0.00400 e. The van der Waals surface area contributed by atoms with E-state index in [1.807, 2.05) is 6.08 Å². The molecule has 0 aromatic carbocycles. The van der Waals surface area contributed by atoms with Crippen LogP contribution >= 0.6 is 9.24 Å². The van der Waals surface area contributed by atoms with Crippen molar-refractivity contribution in [3.63, 3.8) is 0 Å². The van der Waals surface area contributed by atoms with Crippen molar-refractivity contribution in [2.45, 2.75) is 26.4 Å². The molecule has 0 N–H and O–H groups in total. The topological polar surface area (TPSA) is 0 Å². The normalized spacial score (nSPS) is 15.5. The summed E-state index contributed by atoms with van der Waals surface area (Å²) >= 11 is 0. The Morgan fingerprint density at radius 2 is 1.88 bits per heavy atom. The average molecular weight is 130 g/mol. The quantitative estimate of drug-likeness (QED) is 0.378. The number of hydrogen-bond donors (Lipinski definition) is 0. The maximum Gasteiger partial charge on any atom is -0.00400 e. The molecule has 0 amide bonds. The first-order valence-electron chi connectivity index (χ1n) is 2.86. The molecule has 1 heteroatoms. The van der Waals surface area contributed by atoms with Gasteiger partial charge in [-0.25, -0.2) is 0 Å². The summed E-state index contributed by atoms with van der Waals surface area (Å²) in [7, 11) is 2.76. The summed E-state index contributed by atoms with van der Waals surface area (Å²) in [6.45, 7) is 10.3. The molecule has 2 unspecified atom stereocenters. The molecule has 0 heterocycles. The van der Waals surface area contributed by atoms with Crippen molar-refractivity contribution in [3.8, 4) is 0 Å². The van der Waals surface area contributed by atoms with Gasteiger partial charge in [0.2, 0.25) is 0 Å². The van der Waals surface area contributed by atoms with E-state index in [-0.39, 0.29) is 0 Å². The summed E-state index contributed by atoms with van der Waals surface area (Å²) in [5.74, 6) is 0. The number of allylic oxidation sites excluding steroid dienone is 1. The molecule has 0 aliphatic heterocycles. The van der Waals surface area contributed by atoms with Crippen LogP contribution in [0.25, 0.3) is 0 Å². The Kier molecular flexibility index (Phi) is 2.70. The monoisotopic (exact) mass is 130 g/mol. The minimum absolute atomic E-state index is 0.354. The van der Waals surface area contributed by atoms with Gasteiger partial charge in [0.1, 0.15) is 0 Å². The highest BCUT2D eigenvalue weighted by Gasteiger charge is 2.15. The SMILES string of the molecule is C=CC(P)C(C)(C)C. The second-order valence-corrected chi connectivity index (χ2v) is 3.85. The third kappa shape index (κ3) is 2.47. The van der Waals surface area contributed by atoms with Gasteiger partial charge in [-0.2, -0.15) is 0 Å². The fraction of sp³-hybridized carbons (Fsp3) is 0.714.